The molecule has 162 valence electrons. The van der Waals surface area contributed by atoms with Crippen LogP contribution in [0.4, 0.5) is 10.5 Å². The third-order valence-electron chi connectivity index (χ3n) is 4.35. The lowest BCUT2D eigenvalue weighted by Crippen LogP contribution is -2.54. The molecule has 0 bridgehead atoms. The van der Waals surface area contributed by atoms with E-state index in [-0.39, 0.29) is 16.3 Å². The number of hydrogen-bond acceptors (Lipinski definition) is 6. The zero-order chi connectivity index (χ0) is 22.5. The monoisotopic (exact) mass is 444 g/mol. The Morgan fingerprint density at radius 3 is 2.39 bits per heavy atom. The minimum Gasteiger partial charge on any atom is -0.492 e. The maximum absolute atomic E-state index is 13.2. The van der Waals surface area contributed by atoms with Gasteiger partial charge in [0.2, 0.25) is 0 Å². The van der Waals surface area contributed by atoms with Crippen LogP contribution in [-0.4, -0.2) is 38.2 Å². The average molecular weight is 445 g/mol. The second kappa shape index (κ2) is 9.53. The molecule has 1 aliphatic heterocycles. The number of urea groups is 1. The van der Waals surface area contributed by atoms with E-state index in [4.69, 9.17) is 25.8 Å². The standard InChI is InChI=1S/C22H21ClN2O6/c1-4-30-17-9-7-6-8-16(17)25-21(27)14(20(26)24-22(25)28)10-13-11-15(23)19(29-3)18(12-13)31-5-2/h6-12H,4-5H2,1-3H3,(H,24,26,28)/b14-10+. The largest absolute Gasteiger partial charge is 0.492 e. The third-order valence-corrected chi connectivity index (χ3v) is 4.64. The number of ether oxygens (including phenoxy) is 3. The quantitative estimate of drug-likeness (QED) is 0.515. The van der Waals surface area contributed by atoms with E-state index in [0.29, 0.717) is 36.0 Å². The number of para-hydroxylation sites is 2. The third kappa shape index (κ3) is 4.49. The molecule has 2 aromatic carbocycles. The van der Waals surface area contributed by atoms with Crippen molar-refractivity contribution in [2.24, 2.45) is 0 Å². The highest BCUT2D eigenvalue weighted by Crippen LogP contribution is 2.37. The van der Waals surface area contributed by atoms with Gasteiger partial charge in [0.15, 0.2) is 11.5 Å². The molecular weight excluding hydrogens is 424 g/mol. The van der Waals surface area contributed by atoms with E-state index >= 15 is 0 Å². The lowest BCUT2D eigenvalue weighted by atomic mass is 10.1. The van der Waals surface area contributed by atoms with Gasteiger partial charge < -0.3 is 14.2 Å². The molecule has 31 heavy (non-hydrogen) atoms. The molecule has 2 aromatic rings. The molecule has 4 amide bonds. The zero-order valence-corrected chi connectivity index (χ0v) is 18.0. The SMILES string of the molecule is CCOc1ccccc1N1C(=O)NC(=O)/C(=C\c2cc(Cl)c(OC)c(OCC)c2)C1=O. The van der Waals surface area contributed by atoms with Gasteiger partial charge in [-0.3, -0.25) is 14.9 Å². The summed E-state index contributed by atoms with van der Waals surface area (Å²) in [6.07, 6.45) is 1.34. The van der Waals surface area contributed by atoms with Crippen LogP contribution >= 0.6 is 11.6 Å². The van der Waals surface area contributed by atoms with E-state index in [0.717, 1.165) is 4.90 Å². The molecule has 0 saturated carbocycles. The van der Waals surface area contributed by atoms with Gasteiger partial charge in [0.25, 0.3) is 11.8 Å². The molecule has 0 unspecified atom stereocenters. The van der Waals surface area contributed by atoms with E-state index in [1.807, 2.05) is 0 Å². The number of methoxy groups -OCH3 is 1. The predicted molar refractivity (Wildman–Crippen MR) is 116 cm³/mol. The summed E-state index contributed by atoms with van der Waals surface area (Å²) < 4.78 is 16.3. The Bertz CT molecular complexity index is 1070. The smallest absolute Gasteiger partial charge is 0.336 e. The van der Waals surface area contributed by atoms with Crippen LogP contribution in [0.5, 0.6) is 17.2 Å². The van der Waals surface area contributed by atoms with Crippen LogP contribution in [0.2, 0.25) is 5.02 Å². The van der Waals surface area contributed by atoms with Crippen molar-refractivity contribution in [2.45, 2.75) is 13.8 Å². The van der Waals surface area contributed by atoms with Gasteiger partial charge in [-0.25, -0.2) is 9.69 Å². The average Bonchev–Trinajstić information content (AvgIpc) is 2.72. The number of barbiturate groups is 1. The molecule has 3 rings (SSSR count). The highest BCUT2D eigenvalue weighted by atomic mass is 35.5. The topological polar surface area (TPSA) is 94.2 Å². The lowest BCUT2D eigenvalue weighted by molar-refractivity contribution is -0.122. The fraction of sp³-hybridized carbons (Fsp3) is 0.227. The summed E-state index contributed by atoms with van der Waals surface area (Å²) in [5.74, 6) is -0.556. The summed E-state index contributed by atoms with van der Waals surface area (Å²) >= 11 is 6.26. The van der Waals surface area contributed by atoms with Crippen LogP contribution in [-0.2, 0) is 9.59 Å². The fourth-order valence-electron chi connectivity index (χ4n) is 3.09. The van der Waals surface area contributed by atoms with Crippen molar-refractivity contribution in [3.8, 4) is 17.2 Å². The molecule has 0 aromatic heterocycles. The van der Waals surface area contributed by atoms with E-state index in [2.05, 4.69) is 5.32 Å². The first-order valence-corrected chi connectivity index (χ1v) is 9.92. The Morgan fingerprint density at radius 1 is 1.03 bits per heavy atom. The summed E-state index contributed by atoms with van der Waals surface area (Å²) in [7, 11) is 1.46. The molecule has 0 aliphatic carbocycles. The molecule has 8 nitrogen and oxygen atoms in total. The summed E-state index contributed by atoms with van der Waals surface area (Å²) in [5.41, 5.74) is 0.419. The summed E-state index contributed by atoms with van der Waals surface area (Å²) in [6, 6.07) is 8.85. The summed E-state index contributed by atoms with van der Waals surface area (Å²) in [6.45, 7) is 4.29. The van der Waals surface area contributed by atoms with E-state index in [9.17, 15) is 14.4 Å². The molecule has 1 fully saturated rings. The van der Waals surface area contributed by atoms with Crippen LogP contribution in [0.25, 0.3) is 6.08 Å². The zero-order valence-electron chi connectivity index (χ0n) is 17.2. The van der Waals surface area contributed by atoms with Gasteiger partial charge >= 0.3 is 6.03 Å². The number of benzene rings is 2. The van der Waals surface area contributed by atoms with Crippen LogP contribution < -0.4 is 24.4 Å². The van der Waals surface area contributed by atoms with Crippen LogP contribution in [0.15, 0.2) is 42.0 Å². The highest BCUT2D eigenvalue weighted by Gasteiger charge is 2.38. The molecule has 1 saturated heterocycles. The Balaban J connectivity index is 2.06. The normalized spacial score (nSPS) is 15.2. The van der Waals surface area contributed by atoms with Gasteiger partial charge in [-0.2, -0.15) is 0 Å². The number of carbonyl (C=O) groups excluding carboxylic acids is 3. The van der Waals surface area contributed by atoms with Gasteiger partial charge in [0, 0.05) is 0 Å². The van der Waals surface area contributed by atoms with Gasteiger partial charge in [-0.15, -0.1) is 0 Å². The van der Waals surface area contributed by atoms with Gasteiger partial charge in [0.1, 0.15) is 11.3 Å². The molecule has 0 spiro atoms. The molecule has 0 radical (unpaired) electrons. The maximum atomic E-state index is 13.2. The number of hydrogen-bond donors (Lipinski definition) is 1. The van der Waals surface area contributed by atoms with Gasteiger partial charge in [-0.1, -0.05) is 23.7 Å². The van der Waals surface area contributed by atoms with Crippen molar-refractivity contribution < 1.29 is 28.6 Å². The fourth-order valence-corrected chi connectivity index (χ4v) is 3.39. The lowest BCUT2D eigenvalue weighted by Gasteiger charge is -2.27. The number of nitrogens with zero attached hydrogens (tertiary/aromatic N) is 1. The Morgan fingerprint density at radius 2 is 1.71 bits per heavy atom. The Labute approximate surface area is 184 Å². The maximum Gasteiger partial charge on any atom is 0.336 e. The molecule has 9 heteroatoms. The molecule has 1 aliphatic rings. The molecular formula is C22H21ClN2O6. The minimum atomic E-state index is -0.859. The van der Waals surface area contributed by atoms with Gasteiger partial charge in [0.05, 0.1) is 31.0 Å². The number of rotatable bonds is 7. The first-order valence-electron chi connectivity index (χ1n) is 9.54. The summed E-state index contributed by atoms with van der Waals surface area (Å²) in [4.78, 5) is 39.0. The second-order valence-electron chi connectivity index (χ2n) is 6.33. The van der Waals surface area contributed by atoms with Crippen molar-refractivity contribution in [3.63, 3.8) is 0 Å². The number of amides is 4. The van der Waals surface area contributed by atoms with Crippen LogP contribution in [0.1, 0.15) is 19.4 Å². The number of carbonyl (C=O) groups is 3. The van der Waals surface area contributed by atoms with Crippen LogP contribution in [0, 0.1) is 0 Å². The number of nitrogens with one attached hydrogen (secondary N) is 1. The number of halogens is 1. The van der Waals surface area contributed by atoms with Crippen LogP contribution in [0.3, 0.4) is 0 Å². The first-order chi connectivity index (χ1) is 14.9. The molecule has 1 heterocycles. The van der Waals surface area contributed by atoms with E-state index in [1.165, 1.54) is 19.3 Å². The molecule has 1 N–H and O–H groups in total. The number of anilines is 1. The van der Waals surface area contributed by atoms with E-state index in [1.54, 1.807) is 44.2 Å². The first kappa shape index (κ1) is 22.2. The Kier molecular flexibility index (Phi) is 6.81. The highest BCUT2D eigenvalue weighted by molar-refractivity contribution is 6.39. The number of imide groups is 2. The van der Waals surface area contributed by atoms with Gasteiger partial charge in [-0.05, 0) is 49.8 Å². The van der Waals surface area contributed by atoms with Crippen molar-refractivity contribution in [1.29, 1.82) is 0 Å². The van der Waals surface area contributed by atoms with Crippen molar-refractivity contribution in [3.05, 3.63) is 52.6 Å². The van der Waals surface area contributed by atoms with Crippen molar-refractivity contribution in [2.75, 3.05) is 25.2 Å². The van der Waals surface area contributed by atoms with E-state index < -0.39 is 17.8 Å². The minimum absolute atomic E-state index is 0.230. The Hall–Kier alpha value is -3.52. The second-order valence-corrected chi connectivity index (χ2v) is 6.73. The summed E-state index contributed by atoms with van der Waals surface area (Å²) in [5, 5.41) is 2.44. The van der Waals surface area contributed by atoms with Crippen molar-refractivity contribution in [1.82, 2.24) is 5.32 Å². The van der Waals surface area contributed by atoms with Crippen molar-refractivity contribution >= 4 is 41.2 Å². The molecule has 0 atom stereocenters. The predicted octanol–water partition coefficient (Wildman–Crippen LogP) is 3.81.